The van der Waals surface area contributed by atoms with Crippen molar-refractivity contribution in [3.05, 3.63) is 59.0 Å². The maximum atomic E-state index is 5.90. The quantitative estimate of drug-likeness (QED) is 0.783. The van der Waals surface area contributed by atoms with Gasteiger partial charge in [-0.1, -0.05) is 37.6 Å². The molecule has 2 aromatic rings. The lowest BCUT2D eigenvalue weighted by atomic mass is 10.2. The molecular weight excluding hydrogens is 286 g/mol. The van der Waals surface area contributed by atoms with Crippen molar-refractivity contribution in [2.24, 2.45) is 5.92 Å². The highest BCUT2D eigenvalue weighted by Gasteiger charge is 2.14. The molecule has 1 aromatic carbocycles. The van der Waals surface area contributed by atoms with E-state index < -0.39 is 0 Å². The lowest BCUT2D eigenvalue weighted by Crippen LogP contribution is -2.25. The number of ether oxygens (including phenoxy) is 1. The third kappa shape index (κ3) is 5.54. The first-order chi connectivity index (χ1) is 10.1. The van der Waals surface area contributed by atoms with Gasteiger partial charge in [-0.25, -0.2) is 0 Å². The Morgan fingerprint density at radius 3 is 2.52 bits per heavy atom. The number of benzene rings is 1. The molecule has 3 nitrogen and oxygen atoms in total. The van der Waals surface area contributed by atoms with Crippen molar-refractivity contribution >= 4 is 11.6 Å². The summed E-state index contributed by atoms with van der Waals surface area (Å²) in [7, 11) is 0. The molecule has 1 heterocycles. The Bertz CT molecular complexity index is 508. The first kappa shape index (κ1) is 16.1. The molecule has 0 aliphatic carbocycles. The van der Waals surface area contributed by atoms with Crippen LogP contribution in [0, 0.1) is 5.92 Å². The van der Waals surface area contributed by atoms with Crippen LogP contribution in [0.2, 0.25) is 5.02 Å². The third-order valence-electron chi connectivity index (χ3n) is 3.09. The second-order valence-corrected chi connectivity index (χ2v) is 5.94. The summed E-state index contributed by atoms with van der Waals surface area (Å²) in [5.74, 6) is 1.42. The standard InChI is InChI=1S/C17H22ClNO2/c1-13(2)11-20-12-16(17-4-3-9-21-17)19-10-14-5-7-15(18)8-6-14/h3-9,13,16,19H,10-12H2,1-2H3. The summed E-state index contributed by atoms with van der Waals surface area (Å²) < 4.78 is 11.2. The Kier molecular flexibility index (Phi) is 6.30. The maximum absolute atomic E-state index is 5.90. The molecule has 1 aromatic heterocycles. The van der Waals surface area contributed by atoms with Crippen LogP contribution in [0.15, 0.2) is 47.1 Å². The first-order valence-electron chi connectivity index (χ1n) is 7.24. The van der Waals surface area contributed by atoms with Gasteiger partial charge in [0.15, 0.2) is 0 Å². The van der Waals surface area contributed by atoms with E-state index in [1.165, 1.54) is 5.56 Å². The topological polar surface area (TPSA) is 34.4 Å². The van der Waals surface area contributed by atoms with Gasteiger partial charge in [0.25, 0.3) is 0 Å². The monoisotopic (exact) mass is 307 g/mol. The lowest BCUT2D eigenvalue weighted by Gasteiger charge is -2.18. The molecule has 21 heavy (non-hydrogen) atoms. The molecule has 1 atom stereocenters. The fraction of sp³-hybridized carbons (Fsp3) is 0.412. The average Bonchev–Trinajstić information content (AvgIpc) is 2.98. The van der Waals surface area contributed by atoms with Gasteiger partial charge in [-0.2, -0.15) is 0 Å². The van der Waals surface area contributed by atoms with E-state index in [1.54, 1.807) is 6.26 Å². The van der Waals surface area contributed by atoms with Gasteiger partial charge in [0, 0.05) is 18.2 Å². The van der Waals surface area contributed by atoms with Crippen molar-refractivity contribution in [2.75, 3.05) is 13.2 Å². The van der Waals surface area contributed by atoms with E-state index >= 15 is 0 Å². The third-order valence-corrected chi connectivity index (χ3v) is 3.34. The molecule has 4 heteroatoms. The van der Waals surface area contributed by atoms with E-state index in [-0.39, 0.29) is 6.04 Å². The molecule has 0 saturated carbocycles. The molecule has 0 spiro atoms. The van der Waals surface area contributed by atoms with Crippen molar-refractivity contribution in [2.45, 2.75) is 26.4 Å². The Morgan fingerprint density at radius 2 is 1.90 bits per heavy atom. The summed E-state index contributed by atoms with van der Waals surface area (Å²) >= 11 is 5.90. The van der Waals surface area contributed by atoms with Gasteiger partial charge in [0.05, 0.1) is 18.9 Å². The molecule has 0 bridgehead atoms. The molecule has 0 fully saturated rings. The molecule has 1 N–H and O–H groups in total. The Labute approximate surface area is 131 Å². The van der Waals surface area contributed by atoms with Crippen molar-refractivity contribution < 1.29 is 9.15 Å². The van der Waals surface area contributed by atoms with E-state index in [0.29, 0.717) is 12.5 Å². The normalized spacial score (nSPS) is 12.8. The second kappa shape index (κ2) is 8.23. The largest absolute Gasteiger partial charge is 0.468 e. The lowest BCUT2D eigenvalue weighted by molar-refractivity contribution is 0.0844. The highest BCUT2D eigenvalue weighted by atomic mass is 35.5. The molecule has 114 valence electrons. The molecule has 0 saturated heterocycles. The van der Waals surface area contributed by atoms with Gasteiger partial charge in [0.2, 0.25) is 0 Å². The predicted molar refractivity (Wildman–Crippen MR) is 85.4 cm³/mol. The summed E-state index contributed by atoms with van der Waals surface area (Å²) in [5.41, 5.74) is 1.18. The highest BCUT2D eigenvalue weighted by molar-refractivity contribution is 6.30. The average molecular weight is 308 g/mol. The zero-order valence-corrected chi connectivity index (χ0v) is 13.3. The minimum Gasteiger partial charge on any atom is -0.468 e. The fourth-order valence-corrected chi connectivity index (χ4v) is 2.12. The summed E-state index contributed by atoms with van der Waals surface area (Å²) in [4.78, 5) is 0. The van der Waals surface area contributed by atoms with Crippen LogP contribution < -0.4 is 5.32 Å². The minimum absolute atomic E-state index is 0.0504. The van der Waals surface area contributed by atoms with Gasteiger partial charge in [-0.15, -0.1) is 0 Å². The van der Waals surface area contributed by atoms with Gasteiger partial charge in [0.1, 0.15) is 5.76 Å². The van der Waals surface area contributed by atoms with E-state index in [2.05, 4.69) is 19.2 Å². The summed E-state index contributed by atoms with van der Waals surface area (Å²) in [6, 6.07) is 11.8. The van der Waals surface area contributed by atoms with E-state index in [4.69, 9.17) is 20.8 Å². The molecule has 2 rings (SSSR count). The van der Waals surface area contributed by atoms with Gasteiger partial charge in [-0.3, -0.25) is 0 Å². The van der Waals surface area contributed by atoms with Crippen molar-refractivity contribution in [1.82, 2.24) is 5.32 Å². The number of furan rings is 1. The number of halogens is 1. The first-order valence-corrected chi connectivity index (χ1v) is 7.62. The predicted octanol–water partition coefficient (Wildman–Crippen LogP) is 4.44. The number of hydrogen-bond donors (Lipinski definition) is 1. The Hall–Kier alpha value is -1.29. The molecule has 1 unspecified atom stereocenters. The van der Waals surface area contributed by atoms with Crippen LogP contribution >= 0.6 is 11.6 Å². The van der Waals surface area contributed by atoms with Crippen LogP contribution in [0.1, 0.15) is 31.2 Å². The highest BCUT2D eigenvalue weighted by Crippen LogP contribution is 2.16. The number of hydrogen-bond acceptors (Lipinski definition) is 3. The summed E-state index contributed by atoms with van der Waals surface area (Å²) in [6.07, 6.45) is 1.69. The smallest absolute Gasteiger partial charge is 0.123 e. The summed E-state index contributed by atoms with van der Waals surface area (Å²) in [5, 5.41) is 4.22. The Morgan fingerprint density at radius 1 is 1.14 bits per heavy atom. The number of nitrogens with one attached hydrogen (secondary N) is 1. The Balaban J connectivity index is 1.91. The van der Waals surface area contributed by atoms with E-state index in [0.717, 1.165) is 23.9 Å². The molecular formula is C17H22ClNO2. The molecule has 0 aliphatic heterocycles. The van der Waals surface area contributed by atoms with Crippen molar-refractivity contribution in [3.63, 3.8) is 0 Å². The van der Waals surface area contributed by atoms with Gasteiger partial charge in [-0.05, 0) is 35.7 Å². The van der Waals surface area contributed by atoms with Gasteiger partial charge < -0.3 is 14.5 Å². The zero-order valence-electron chi connectivity index (χ0n) is 12.5. The van der Waals surface area contributed by atoms with Crippen molar-refractivity contribution in [1.29, 1.82) is 0 Å². The molecule has 0 radical (unpaired) electrons. The van der Waals surface area contributed by atoms with Crippen LogP contribution in [-0.2, 0) is 11.3 Å². The molecule has 0 amide bonds. The maximum Gasteiger partial charge on any atom is 0.123 e. The fourth-order valence-electron chi connectivity index (χ4n) is 2.00. The SMILES string of the molecule is CC(C)COCC(NCc1ccc(Cl)cc1)c1ccco1. The van der Waals surface area contributed by atoms with Crippen LogP contribution in [0.25, 0.3) is 0 Å². The number of rotatable bonds is 8. The molecule has 0 aliphatic rings. The zero-order chi connectivity index (χ0) is 15.1. The van der Waals surface area contributed by atoms with Crippen LogP contribution in [-0.4, -0.2) is 13.2 Å². The van der Waals surface area contributed by atoms with Crippen LogP contribution in [0.3, 0.4) is 0 Å². The van der Waals surface area contributed by atoms with E-state index in [9.17, 15) is 0 Å². The van der Waals surface area contributed by atoms with E-state index in [1.807, 2.05) is 36.4 Å². The second-order valence-electron chi connectivity index (χ2n) is 5.51. The minimum atomic E-state index is 0.0504. The van der Waals surface area contributed by atoms with Crippen LogP contribution in [0.4, 0.5) is 0 Å². The summed E-state index contributed by atoms with van der Waals surface area (Å²) in [6.45, 7) is 6.37. The van der Waals surface area contributed by atoms with Gasteiger partial charge >= 0.3 is 0 Å². The van der Waals surface area contributed by atoms with Crippen molar-refractivity contribution in [3.8, 4) is 0 Å². The van der Waals surface area contributed by atoms with Crippen LogP contribution in [0.5, 0.6) is 0 Å².